The number of fused-ring (bicyclic) bond motifs is 2. The Bertz CT molecular complexity index is 2740. The SMILES string of the molecule is CNc1cc(Nc2cccc(-c3ccc(CN4CC5(CCN(c6cccc7c6n(C)c(=O)n7C6CCC(=O)NC6=O)CC5)C4)cn3)c2)nn2c(C(=O)N[C@@H]3C[C@@H]3F)cnc12. The van der Waals surface area contributed by atoms with Gasteiger partial charge in [-0.25, -0.2) is 18.7 Å². The maximum absolute atomic E-state index is 13.5. The van der Waals surface area contributed by atoms with Gasteiger partial charge in [0, 0.05) is 83.2 Å². The van der Waals surface area contributed by atoms with Gasteiger partial charge in [0.05, 0.1) is 40.3 Å². The molecule has 2 aromatic carbocycles. The third kappa shape index (κ3) is 6.71. The van der Waals surface area contributed by atoms with Crippen LogP contribution in [0.3, 0.4) is 0 Å². The van der Waals surface area contributed by atoms with Crippen LogP contribution in [0.5, 0.6) is 0 Å². The summed E-state index contributed by atoms with van der Waals surface area (Å²) in [4.78, 5) is 64.9. The molecule has 4 fully saturated rings. The number of nitrogens with one attached hydrogen (secondary N) is 4. The van der Waals surface area contributed by atoms with Crippen LogP contribution in [0.25, 0.3) is 27.9 Å². The smallest absolute Gasteiger partial charge is 0.329 e. The van der Waals surface area contributed by atoms with Crippen LogP contribution in [0, 0.1) is 5.41 Å². The molecule has 10 rings (SSSR count). The maximum Gasteiger partial charge on any atom is 0.329 e. The minimum Gasteiger partial charge on any atom is -0.385 e. The molecule has 7 heterocycles. The Morgan fingerprint density at radius 3 is 2.53 bits per heavy atom. The van der Waals surface area contributed by atoms with E-state index in [-0.39, 0.29) is 29.1 Å². The van der Waals surface area contributed by atoms with Gasteiger partial charge in [-0.2, -0.15) is 0 Å². The lowest BCUT2D eigenvalue weighted by molar-refractivity contribution is -0.135. The predicted molar refractivity (Wildman–Crippen MR) is 224 cm³/mol. The van der Waals surface area contributed by atoms with Crippen LogP contribution in [0.4, 0.5) is 27.3 Å². The Labute approximate surface area is 343 Å². The molecule has 4 aliphatic rings. The zero-order valence-corrected chi connectivity index (χ0v) is 33.3. The van der Waals surface area contributed by atoms with Gasteiger partial charge < -0.3 is 20.9 Å². The molecule has 3 amide bonds. The van der Waals surface area contributed by atoms with Gasteiger partial charge in [-0.15, -0.1) is 5.10 Å². The van der Waals surface area contributed by atoms with Crippen molar-refractivity contribution in [3.05, 3.63) is 94.8 Å². The number of hydrogen-bond acceptors (Lipinski definition) is 11. The highest BCUT2D eigenvalue weighted by Crippen LogP contribution is 2.43. The molecule has 4 N–H and O–H groups in total. The molecule has 17 heteroatoms. The first-order valence-corrected chi connectivity index (χ1v) is 20.4. The molecule has 4 aromatic heterocycles. The van der Waals surface area contributed by atoms with Crippen molar-refractivity contribution in [3.8, 4) is 11.3 Å². The molecular formula is C43H45FN12O4. The largest absolute Gasteiger partial charge is 0.385 e. The van der Waals surface area contributed by atoms with E-state index in [1.807, 2.05) is 54.7 Å². The van der Waals surface area contributed by atoms with Crippen LogP contribution in [0.1, 0.15) is 54.2 Å². The lowest BCUT2D eigenvalue weighted by atomic mass is 9.72. The monoisotopic (exact) mass is 812 g/mol. The van der Waals surface area contributed by atoms with Crippen LogP contribution >= 0.6 is 0 Å². The first kappa shape index (κ1) is 37.6. The van der Waals surface area contributed by atoms with Crippen molar-refractivity contribution in [2.45, 2.75) is 56.9 Å². The normalized spacial score (nSPS) is 21.2. The molecule has 0 radical (unpaired) electrons. The molecule has 16 nitrogen and oxygen atoms in total. The van der Waals surface area contributed by atoms with E-state index in [1.54, 1.807) is 23.2 Å². The number of hydrogen-bond donors (Lipinski definition) is 4. The number of nitrogens with zero attached hydrogens (tertiary/aromatic N) is 8. The zero-order valence-electron chi connectivity index (χ0n) is 33.3. The summed E-state index contributed by atoms with van der Waals surface area (Å²) in [6, 6.07) is 18.6. The van der Waals surface area contributed by atoms with Gasteiger partial charge in [-0.1, -0.05) is 24.3 Å². The van der Waals surface area contributed by atoms with Gasteiger partial charge in [0.1, 0.15) is 12.2 Å². The van der Waals surface area contributed by atoms with E-state index < -0.39 is 30.1 Å². The Balaban J connectivity index is 0.765. The number of imide groups is 1. The average Bonchev–Trinajstić information content (AvgIpc) is 3.64. The van der Waals surface area contributed by atoms with Crippen molar-refractivity contribution in [2.24, 2.45) is 12.5 Å². The van der Waals surface area contributed by atoms with Crippen molar-refractivity contribution >= 4 is 57.3 Å². The van der Waals surface area contributed by atoms with Crippen molar-refractivity contribution in [1.29, 1.82) is 0 Å². The standard InChI is InChI=1S/C43H45FN12O4/c1-45-31-19-36(51-56-35(21-47-39(31)56)41(59)49-30-18-28(30)44)48-27-6-3-5-26(17-27)29-10-9-25(20-46-29)22-53-23-43(24-53)13-15-54(16-14-43)32-7-4-8-33-38(32)52(2)42(60)55(33)34-11-12-37(57)50-40(34)58/h3-10,17,19-21,28,30,34,45H,11-16,18,22-24H2,1-2H3,(H,48,51)(H,49,59)(H,50,57,58)/t28-,30+,34?/m0/s1. The molecule has 308 valence electrons. The fourth-order valence-corrected chi connectivity index (χ4v) is 9.23. The highest BCUT2D eigenvalue weighted by atomic mass is 19.1. The summed E-state index contributed by atoms with van der Waals surface area (Å²) in [6.45, 7) is 4.61. The molecule has 0 bridgehead atoms. The van der Waals surface area contributed by atoms with Crippen LogP contribution < -0.4 is 31.9 Å². The summed E-state index contributed by atoms with van der Waals surface area (Å²) in [5, 5.41) is 16.2. The molecule has 1 unspecified atom stereocenters. The van der Waals surface area contributed by atoms with Crippen LogP contribution in [0.15, 0.2) is 77.9 Å². The first-order chi connectivity index (χ1) is 29.1. The highest BCUT2D eigenvalue weighted by molar-refractivity contribution is 6.00. The van der Waals surface area contributed by atoms with E-state index in [0.29, 0.717) is 35.5 Å². The summed E-state index contributed by atoms with van der Waals surface area (Å²) in [6.07, 6.45) is 5.30. The summed E-state index contributed by atoms with van der Waals surface area (Å²) in [5.41, 5.74) is 7.63. The summed E-state index contributed by atoms with van der Waals surface area (Å²) >= 11 is 0. The molecule has 1 aliphatic carbocycles. The molecule has 3 saturated heterocycles. The number of piperidine rings is 2. The van der Waals surface area contributed by atoms with Crippen LogP contribution in [0.2, 0.25) is 0 Å². The van der Waals surface area contributed by atoms with Crippen LogP contribution in [-0.2, 0) is 23.2 Å². The number of pyridine rings is 1. The number of aryl methyl sites for hydroxylation is 1. The molecule has 3 aliphatic heterocycles. The quantitative estimate of drug-likeness (QED) is 0.146. The zero-order chi connectivity index (χ0) is 41.3. The molecular weight excluding hydrogens is 768 g/mol. The Kier molecular flexibility index (Phi) is 9.15. The number of rotatable bonds is 10. The van der Waals surface area contributed by atoms with E-state index in [1.165, 1.54) is 10.7 Å². The van der Waals surface area contributed by atoms with Gasteiger partial charge in [0.15, 0.2) is 17.2 Å². The second-order valence-corrected chi connectivity index (χ2v) is 16.6. The second kappa shape index (κ2) is 14.6. The molecule has 1 spiro atoms. The number of aromatic nitrogens is 6. The number of carbonyl (C=O) groups excluding carboxylic acids is 3. The Morgan fingerprint density at radius 2 is 1.80 bits per heavy atom. The van der Waals surface area contributed by atoms with Gasteiger partial charge in [-0.05, 0) is 60.6 Å². The molecule has 60 heavy (non-hydrogen) atoms. The van der Waals surface area contributed by atoms with Gasteiger partial charge in [0.2, 0.25) is 11.8 Å². The maximum atomic E-state index is 13.5. The molecule has 1 saturated carbocycles. The highest BCUT2D eigenvalue weighted by Gasteiger charge is 2.45. The van der Waals surface area contributed by atoms with Gasteiger partial charge in [0.25, 0.3) is 5.91 Å². The number of likely N-dealkylation sites (tertiary alicyclic amines) is 1. The Hall–Kier alpha value is -6.62. The third-order valence-corrected chi connectivity index (χ3v) is 12.5. The number of imidazole rings is 2. The minimum atomic E-state index is -1.01. The van der Waals surface area contributed by atoms with Gasteiger partial charge in [-0.3, -0.25) is 38.7 Å². The average molecular weight is 813 g/mol. The number of benzene rings is 2. The van der Waals surface area contributed by atoms with Crippen molar-refractivity contribution < 1.29 is 18.8 Å². The van der Waals surface area contributed by atoms with E-state index in [2.05, 4.69) is 53.3 Å². The number of halogens is 1. The fourth-order valence-electron chi connectivity index (χ4n) is 9.23. The van der Waals surface area contributed by atoms with E-state index >= 15 is 0 Å². The topological polar surface area (TPSA) is 176 Å². The molecule has 3 atom stereocenters. The number of alkyl halides is 1. The van der Waals surface area contributed by atoms with E-state index in [9.17, 15) is 23.6 Å². The third-order valence-electron chi connectivity index (χ3n) is 12.5. The second-order valence-electron chi connectivity index (χ2n) is 16.6. The lowest BCUT2D eigenvalue weighted by Crippen LogP contribution is -2.59. The lowest BCUT2D eigenvalue weighted by Gasteiger charge is -2.54. The number of amides is 3. The van der Waals surface area contributed by atoms with Crippen molar-refractivity contribution in [2.75, 3.05) is 48.8 Å². The predicted octanol–water partition coefficient (Wildman–Crippen LogP) is 4.15. The number of anilines is 4. The van der Waals surface area contributed by atoms with Crippen molar-refractivity contribution in [3.63, 3.8) is 0 Å². The van der Waals surface area contributed by atoms with E-state index in [4.69, 9.17) is 4.98 Å². The minimum absolute atomic E-state index is 0.209. The van der Waals surface area contributed by atoms with Gasteiger partial charge >= 0.3 is 5.69 Å². The summed E-state index contributed by atoms with van der Waals surface area (Å²) < 4.78 is 18.1. The van der Waals surface area contributed by atoms with Crippen molar-refractivity contribution in [1.82, 2.24) is 44.2 Å². The summed E-state index contributed by atoms with van der Waals surface area (Å²) in [5.74, 6) is -0.655. The molecule has 6 aromatic rings. The van der Waals surface area contributed by atoms with E-state index in [0.717, 1.165) is 79.3 Å². The summed E-state index contributed by atoms with van der Waals surface area (Å²) in [7, 11) is 3.53. The van der Waals surface area contributed by atoms with Crippen LogP contribution in [-0.4, -0.2) is 96.8 Å². The number of carbonyl (C=O) groups is 3. The number of para-hydroxylation sites is 1. The first-order valence-electron chi connectivity index (χ1n) is 20.4. The fraction of sp³-hybridized carbons (Fsp3) is 0.372. The Morgan fingerprint density at radius 1 is 1.00 bits per heavy atom.